The molecule has 0 unspecified atom stereocenters. The number of methoxy groups -OCH3 is 1. The second-order valence-electron chi connectivity index (χ2n) is 7.99. The van der Waals surface area contributed by atoms with Gasteiger partial charge in [-0.25, -0.2) is 4.79 Å². The van der Waals surface area contributed by atoms with Crippen molar-refractivity contribution >= 4 is 11.9 Å². The summed E-state index contributed by atoms with van der Waals surface area (Å²) in [6.45, 7) is 4.22. The summed E-state index contributed by atoms with van der Waals surface area (Å²) in [4.78, 5) is 27.8. The molecule has 0 bridgehead atoms. The van der Waals surface area contributed by atoms with Crippen molar-refractivity contribution in [2.24, 2.45) is 0 Å². The normalized spacial score (nSPS) is 23.6. The van der Waals surface area contributed by atoms with Crippen molar-refractivity contribution < 1.29 is 32.6 Å². The van der Waals surface area contributed by atoms with E-state index >= 15 is 0 Å². The fraction of sp³-hybridized carbons (Fsp3) is 0.667. The summed E-state index contributed by atoms with van der Waals surface area (Å²) in [7, 11) is 1.70. The van der Waals surface area contributed by atoms with E-state index in [4.69, 9.17) is 14.6 Å². The Morgan fingerprint density at radius 2 is 1.97 bits per heavy atom. The number of carbonyl (C=O) groups is 2. The van der Waals surface area contributed by atoms with Gasteiger partial charge < -0.3 is 20.1 Å². The molecule has 1 aliphatic heterocycles. The Balaban J connectivity index is 0.000000423. The van der Waals surface area contributed by atoms with E-state index in [0.717, 1.165) is 56.6 Å². The lowest BCUT2D eigenvalue weighted by atomic mass is 9.77. The van der Waals surface area contributed by atoms with Crippen LogP contribution in [0.4, 0.5) is 13.2 Å². The highest BCUT2D eigenvalue weighted by atomic mass is 19.4. The Morgan fingerprint density at radius 3 is 2.52 bits per heavy atom. The fourth-order valence-electron chi connectivity index (χ4n) is 4.24. The van der Waals surface area contributed by atoms with E-state index in [9.17, 15) is 18.0 Å². The van der Waals surface area contributed by atoms with E-state index in [1.54, 1.807) is 7.11 Å². The Labute approximate surface area is 180 Å². The monoisotopic (exact) mass is 445 g/mol. The number of aliphatic carboxylic acids is 1. The number of hydrogen-bond acceptors (Lipinski definition) is 5. The second kappa shape index (κ2) is 10.9. The molecule has 2 N–H and O–H groups in total. The predicted molar refractivity (Wildman–Crippen MR) is 107 cm³/mol. The third kappa shape index (κ3) is 7.17. The number of aryl methyl sites for hydroxylation is 1. The van der Waals surface area contributed by atoms with Crippen LogP contribution in [0, 0.1) is 6.92 Å². The SMILES string of the molecule is COCCN1C(=O)CCC12CCC(NCc1cccc(C)n1)CC2.O=C(O)C(F)(F)F. The van der Waals surface area contributed by atoms with Crippen LogP contribution in [-0.2, 0) is 20.9 Å². The molecule has 2 aliphatic rings. The molecule has 1 aromatic rings. The van der Waals surface area contributed by atoms with Crippen LogP contribution in [0.5, 0.6) is 0 Å². The number of likely N-dealkylation sites (tertiary alicyclic amines) is 1. The lowest BCUT2D eigenvalue weighted by Crippen LogP contribution is -2.51. The average Bonchev–Trinajstić information content (AvgIpc) is 3.01. The van der Waals surface area contributed by atoms with Gasteiger partial charge in [0.25, 0.3) is 0 Å². The van der Waals surface area contributed by atoms with Crippen LogP contribution in [0.1, 0.15) is 49.9 Å². The van der Waals surface area contributed by atoms with Crippen LogP contribution in [0.2, 0.25) is 0 Å². The lowest BCUT2D eigenvalue weighted by molar-refractivity contribution is -0.192. The fourth-order valence-corrected chi connectivity index (χ4v) is 4.24. The highest BCUT2D eigenvalue weighted by molar-refractivity contribution is 5.79. The van der Waals surface area contributed by atoms with Crippen LogP contribution in [-0.4, -0.2) is 64.9 Å². The van der Waals surface area contributed by atoms with Crippen LogP contribution in [0.25, 0.3) is 0 Å². The quantitative estimate of drug-likeness (QED) is 0.699. The van der Waals surface area contributed by atoms with E-state index in [2.05, 4.69) is 27.3 Å². The number of carbonyl (C=O) groups excluding carboxylic acids is 1. The molecule has 1 amide bonds. The van der Waals surface area contributed by atoms with Gasteiger partial charge in [-0.15, -0.1) is 0 Å². The number of pyridine rings is 1. The summed E-state index contributed by atoms with van der Waals surface area (Å²) in [5.41, 5.74) is 2.26. The number of rotatable bonds is 6. The van der Waals surface area contributed by atoms with Gasteiger partial charge in [0.05, 0.1) is 12.3 Å². The number of alkyl halides is 3. The molecule has 10 heteroatoms. The zero-order chi connectivity index (χ0) is 23.1. The van der Waals surface area contributed by atoms with Gasteiger partial charge in [-0.3, -0.25) is 9.78 Å². The molecule has 1 aromatic heterocycles. The first-order chi connectivity index (χ1) is 14.6. The number of carboxylic acid groups (broad SMARTS) is 1. The Bertz CT molecular complexity index is 750. The zero-order valence-corrected chi connectivity index (χ0v) is 17.9. The van der Waals surface area contributed by atoms with Crippen molar-refractivity contribution in [3.63, 3.8) is 0 Å². The number of ether oxygens (including phenoxy) is 1. The number of aromatic nitrogens is 1. The number of nitrogens with one attached hydrogen (secondary N) is 1. The number of halogens is 3. The highest BCUT2D eigenvalue weighted by Gasteiger charge is 2.46. The van der Waals surface area contributed by atoms with Crippen molar-refractivity contribution in [3.05, 3.63) is 29.6 Å². The van der Waals surface area contributed by atoms with Gasteiger partial charge in [0.15, 0.2) is 0 Å². The molecular weight excluding hydrogens is 415 g/mol. The minimum Gasteiger partial charge on any atom is -0.475 e. The van der Waals surface area contributed by atoms with Crippen molar-refractivity contribution in [2.45, 2.75) is 69.8 Å². The molecule has 1 aliphatic carbocycles. The number of amides is 1. The van der Waals surface area contributed by atoms with Gasteiger partial charge in [-0.1, -0.05) is 6.07 Å². The minimum absolute atomic E-state index is 0.0926. The maximum atomic E-state index is 12.2. The maximum Gasteiger partial charge on any atom is 0.490 e. The molecule has 174 valence electrons. The maximum absolute atomic E-state index is 12.2. The van der Waals surface area contributed by atoms with E-state index in [1.165, 1.54) is 0 Å². The summed E-state index contributed by atoms with van der Waals surface area (Å²) in [6.07, 6.45) is 1.09. The van der Waals surface area contributed by atoms with Gasteiger partial charge >= 0.3 is 12.1 Å². The van der Waals surface area contributed by atoms with E-state index < -0.39 is 12.1 Å². The Morgan fingerprint density at radius 1 is 1.32 bits per heavy atom. The summed E-state index contributed by atoms with van der Waals surface area (Å²) < 4.78 is 36.9. The number of nitrogens with zero attached hydrogens (tertiary/aromatic N) is 2. The number of hydrogen-bond donors (Lipinski definition) is 2. The smallest absolute Gasteiger partial charge is 0.475 e. The molecule has 1 saturated carbocycles. The molecular formula is C21H30F3N3O4. The highest BCUT2D eigenvalue weighted by Crippen LogP contribution is 2.42. The van der Waals surface area contributed by atoms with Gasteiger partial charge in [0, 0.05) is 43.9 Å². The van der Waals surface area contributed by atoms with Crippen molar-refractivity contribution in [3.8, 4) is 0 Å². The van der Waals surface area contributed by atoms with Gasteiger partial charge in [-0.2, -0.15) is 13.2 Å². The standard InChI is InChI=1S/C19H29N3O2.C2HF3O2/c1-15-4-3-5-17(21-15)14-20-16-6-9-19(10-7-16)11-8-18(23)22(19)12-13-24-2;3-2(4,5)1(6)7/h3-5,16,20H,6-14H2,1-2H3;(H,6,7). The van der Waals surface area contributed by atoms with Crippen molar-refractivity contribution in [1.82, 2.24) is 15.2 Å². The van der Waals surface area contributed by atoms with E-state index in [1.807, 2.05) is 13.0 Å². The van der Waals surface area contributed by atoms with Crippen LogP contribution in [0.3, 0.4) is 0 Å². The lowest BCUT2D eigenvalue weighted by Gasteiger charge is -2.44. The van der Waals surface area contributed by atoms with Crippen LogP contribution >= 0.6 is 0 Å². The molecule has 7 nitrogen and oxygen atoms in total. The van der Waals surface area contributed by atoms with Crippen LogP contribution < -0.4 is 5.32 Å². The minimum atomic E-state index is -5.08. The first kappa shape index (κ1) is 25.1. The molecule has 2 heterocycles. The molecule has 1 saturated heterocycles. The Kier molecular flexibility index (Phi) is 8.81. The van der Waals surface area contributed by atoms with E-state index in [-0.39, 0.29) is 5.54 Å². The van der Waals surface area contributed by atoms with Crippen molar-refractivity contribution in [1.29, 1.82) is 0 Å². The molecule has 1 spiro atoms. The number of carboxylic acids is 1. The molecule has 0 atom stereocenters. The topological polar surface area (TPSA) is 91.8 Å². The van der Waals surface area contributed by atoms with Gasteiger partial charge in [0.1, 0.15) is 0 Å². The first-order valence-electron chi connectivity index (χ1n) is 10.3. The van der Waals surface area contributed by atoms with Crippen molar-refractivity contribution in [2.75, 3.05) is 20.3 Å². The second-order valence-corrected chi connectivity index (χ2v) is 7.99. The van der Waals surface area contributed by atoms with Gasteiger partial charge in [0.2, 0.25) is 5.91 Å². The third-order valence-corrected chi connectivity index (χ3v) is 5.87. The average molecular weight is 445 g/mol. The van der Waals surface area contributed by atoms with Gasteiger partial charge in [-0.05, 0) is 51.2 Å². The zero-order valence-electron chi connectivity index (χ0n) is 17.9. The molecule has 31 heavy (non-hydrogen) atoms. The first-order valence-corrected chi connectivity index (χ1v) is 10.3. The molecule has 0 radical (unpaired) electrons. The summed E-state index contributed by atoms with van der Waals surface area (Å²) in [6, 6.07) is 6.69. The largest absolute Gasteiger partial charge is 0.490 e. The Hall–Kier alpha value is -2.20. The summed E-state index contributed by atoms with van der Waals surface area (Å²) >= 11 is 0. The third-order valence-electron chi connectivity index (χ3n) is 5.87. The molecule has 2 fully saturated rings. The summed E-state index contributed by atoms with van der Waals surface area (Å²) in [5, 5.41) is 10.8. The van der Waals surface area contributed by atoms with E-state index in [0.29, 0.717) is 25.0 Å². The predicted octanol–water partition coefficient (Wildman–Crippen LogP) is 3.06. The summed E-state index contributed by atoms with van der Waals surface area (Å²) in [5.74, 6) is -2.45. The van der Waals surface area contributed by atoms with Crippen LogP contribution in [0.15, 0.2) is 18.2 Å². The molecule has 0 aromatic carbocycles. The molecule has 3 rings (SSSR count).